The highest BCUT2D eigenvalue weighted by Crippen LogP contribution is 2.32. The first-order valence-electron chi connectivity index (χ1n) is 5.33. The second kappa shape index (κ2) is 5.44. The van der Waals surface area contributed by atoms with Crippen molar-refractivity contribution in [2.75, 3.05) is 5.32 Å². The Kier molecular flexibility index (Phi) is 3.90. The highest BCUT2D eigenvalue weighted by atomic mass is 35.5. The van der Waals surface area contributed by atoms with Crippen LogP contribution in [0.4, 0.5) is 19.0 Å². The van der Waals surface area contributed by atoms with Gasteiger partial charge in [0.25, 0.3) is 0 Å². The van der Waals surface area contributed by atoms with Crippen LogP contribution in [0.5, 0.6) is 0 Å². The van der Waals surface area contributed by atoms with Crippen molar-refractivity contribution in [3.63, 3.8) is 0 Å². The smallest absolute Gasteiger partial charge is 0.366 e. The van der Waals surface area contributed by atoms with Crippen LogP contribution in [0.3, 0.4) is 0 Å². The minimum atomic E-state index is -4.37. The third-order valence-electron chi connectivity index (χ3n) is 2.42. The quantitative estimate of drug-likeness (QED) is 0.874. The normalized spacial score (nSPS) is 11.4. The molecular weight excluding hydrogens is 279 g/mol. The molecule has 19 heavy (non-hydrogen) atoms. The Morgan fingerprint density at radius 1 is 1.16 bits per heavy atom. The standard InChI is InChI=1S/C12H9ClF3N3/c13-10-5-11(19-7-18-10)17-6-8-3-1-2-4-9(8)12(14,15)16/h1-5,7H,6H2,(H,17,18,19). The number of alkyl halides is 3. The fourth-order valence-electron chi connectivity index (χ4n) is 1.57. The minimum Gasteiger partial charge on any atom is -0.366 e. The van der Waals surface area contributed by atoms with Crippen molar-refractivity contribution in [2.24, 2.45) is 0 Å². The monoisotopic (exact) mass is 287 g/mol. The Morgan fingerprint density at radius 2 is 1.89 bits per heavy atom. The second-order valence-electron chi connectivity index (χ2n) is 3.73. The minimum absolute atomic E-state index is 0.00300. The van der Waals surface area contributed by atoms with E-state index in [9.17, 15) is 13.2 Å². The molecule has 0 amide bonds. The molecule has 0 atom stereocenters. The van der Waals surface area contributed by atoms with Gasteiger partial charge in [-0.2, -0.15) is 13.2 Å². The molecule has 0 fully saturated rings. The maximum Gasteiger partial charge on any atom is 0.416 e. The molecule has 0 saturated heterocycles. The van der Waals surface area contributed by atoms with Crippen molar-refractivity contribution in [3.05, 3.63) is 52.9 Å². The number of nitrogens with one attached hydrogen (secondary N) is 1. The van der Waals surface area contributed by atoms with E-state index in [1.807, 2.05) is 0 Å². The molecule has 0 aliphatic carbocycles. The largest absolute Gasteiger partial charge is 0.416 e. The molecule has 2 aromatic rings. The molecule has 0 spiro atoms. The summed E-state index contributed by atoms with van der Waals surface area (Å²) < 4.78 is 38.3. The molecule has 1 heterocycles. The van der Waals surface area contributed by atoms with E-state index in [2.05, 4.69) is 15.3 Å². The van der Waals surface area contributed by atoms with E-state index in [-0.39, 0.29) is 17.3 Å². The summed E-state index contributed by atoms with van der Waals surface area (Å²) in [6.07, 6.45) is -3.14. The van der Waals surface area contributed by atoms with Crippen LogP contribution in [0.1, 0.15) is 11.1 Å². The lowest BCUT2D eigenvalue weighted by Crippen LogP contribution is -2.12. The highest BCUT2D eigenvalue weighted by molar-refractivity contribution is 6.29. The second-order valence-corrected chi connectivity index (χ2v) is 4.12. The van der Waals surface area contributed by atoms with Crippen molar-refractivity contribution in [2.45, 2.75) is 12.7 Å². The van der Waals surface area contributed by atoms with Crippen LogP contribution >= 0.6 is 11.6 Å². The summed E-state index contributed by atoms with van der Waals surface area (Å²) in [5.41, 5.74) is -0.521. The number of rotatable bonds is 3. The van der Waals surface area contributed by atoms with Crippen LogP contribution in [0.15, 0.2) is 36.7 Å². The first-order chi connectivity index (χ1) is 8.97. The van der Waals surface area contributed by atoms with Crippen LogP contribution in [-0.2, 0) is 12.7 Å². The molecule has 0 saturated carbocycles. The predicted molar refractivity (Wildman–Crippen MR) is 65.8 cm³/mol. The number of halogens is 4. The molecule has 0 bridgehead atoms. The maximum atomic E-state index is 12.8. The zero-order valence-electron chi connectivity index (χ0n) is 9.58. The number of benzene rings is 1. The summed E-state index contributed by atoms with van der Waals surface area (Å²) in [5.74, 6) is 0.372. The van der Waals surface area contributed by atoms with Crippen molar-refractivity contribution in [1.82, 2.24) is 9.97 Å². The summed E-state index contributed by atoms with van der Waals surface area (Å²) in [5, 5.41) is 3.00. The van der Waals surface area contributed by atoms with Crippen molar-refractivity contribution in [1.29, 1.82) is 0 Å². The van der Waals surface area contributed by atoms with Gasteiger partial charge in [-0.25, -0.2) is 9.97 Å². The Balaban J connectivity index is 2.16. The summed E-state index contributed by atoms with van der Waals surface area (Å²) in [4.78, 5) is 7.54. The van der Waals surface area contributed by atoms with Gasteiger partial charge in [0.1, 0.15) is 17.3 Å². The van der Waals surface area contributed by atoms with E-state index >= 15 is 0 Å². The van der Waals surface area contributed by atoms with Gasteiger partial charge in [-0.3, -0.25) is 0 Å². The topological polar surface area (TPSA) is 37.8 Å². The van der Waals surface area contributed by atoms with Crippen molar-refractivity contribution < 1.29 is 13.2 Å². The van der Waals surface area contributed by atoms with Crippen LogP contribution < -0.4 is 5.32 Å². The fraction of sp³-hybridized carbons (Fsp3) is 0.167. The Morgan fingerprint density at radius 3 is 2.58 bits per heavy atom. The van der Waals surface area contributed by atoms with E-state index in [0.29, 0.717) is 5.82 Å². The SMILES string of the molecule is FC(F)(F)c1ccccc1CNc1cc(Cl)ncn1. The first kappa shape index (κ1) is 13.6. The molecule has 0 aliphatic heterocycles. The summed E-state index contributed by atoms with van der Waals surface area (Å²) >= 11 is 5.66. The van der Waals surface area contributed by atoms with E-state index in [1.165, 1.54) is 24.5 Å². The first-order valence-corrected chi connectivity index (χ1v) is 5.71. The molecule has 3 nitrogen and oxygen atoms in total. The summed E-state index contributed by atoms with van der Waals surface area (Å²) in [6, 6.07) is 6.81. The van der Waals surface area contributed by atoms with Crippen molar-refractivity contribution in [3.8, 4) is 0 Å². The fourth-order valence-corrected chi connectivity index (χ4v) is 1.71. The Labute approximate surface area is 112 Å². The van der Waals surface area contributed by atoms with Gasteiger partial charge in [-0.1, -0.05) is 29.8 Å². The number of anilines is 1. The van der Waals surface area contributed by atoms with E-state index in [4.69, 9.17) is 11.6 Å². The van der Waals surface area contributed by atoms with Crippen molar-refractivity contribution >= 4 is 17.4 Å². The van der Waals surface area contributed by atoms with E-state index in [0.717, 1.165) is 6.07 Å². The van der Waals surface area contributed by atoms with Gasteiger partial charge in [0, 0.05) is 12.6 Å². The number of hydrogen-bond donors (Lipinski definition) is 1. The average molecular weight is 288 g/mol. The molecule has 7 heteroatoms. The molecule has 0 radical (unpaired) electrons. The average Bonchev–Trinajstić information content (AvgIpc) is 2.36. The highest BCUT2D eigenvalue weighted by Gasteiger charge is 2.32. The summed E-state index contributed by atoms with van der Waals surface area (Å²) in [7, 11) is 0. The Bertz CT molecular complexity index is 572. The lowest BCUT2D eigenvalue weighted by atomic mass is 10.1. The molecule has 1 aromatic carbocycles. The Hall–Kier alpha value is -1.82. The summed E-state index contributed by atoms with van der Waals surface area (Å²) in [6.45, 7) is 0.00300. The van der Waals surface area contributed by atoms with Crippen LogP contribution in [0.25, 0.3) is 0 Å². The van der Waals surface area contributed by atoms with Crippen LogP contribution in [0, 0.1) is 0 Å². The van der Waals surface area contributed by atoms with Gasteiger partial charge in [0.2, 0.25) is 0 Å². The van der Waals surface area contributed by atoms with E-state index in [1.54, 1.807) is 6.07 Å². The molecule has 0 unspecified atom stereocenters. The molecule has 1 N–H and O–H groups in total. The zero-order chi connectivity index (χ0) is 13.9. The van der Waals surface area contributed by atoms with E-state index < -0.39 is 11.7 Å². The lowest BCUT2D eigenvalue weighted by Gasteiger charge is -2.13. The maximum absolute atomic E-state index is 12.8. The number of nitrogens with zero attached hydrogens (tertiary/aromatic N) is 2. The number of hydrogen-bond acceptors (Lipinski definition) is 3. The predicted octanol–water partition coefficient (Wildman–Crippen LogP) is 3.76. The van der Waals surface area contributed by atoms with Gasteiger partial charge in [-0.15, -0.1) is 0 Å². The number of aromatic nitrogens is 2. The van der Waals surface area contributed by atoms with Gasteiger partial charge in [-0.05, 0) is 11.6 Å². The van der Waals surface area contributed by atoms with Gasteiger partial charge >= 0.3 is 6.18 Å². The molecule has 100 valence electrons. The zero-order valence-corrected chi connectivity index (χ0v) is 10.3. The third-order valence-corrected chi connectivity index (χ3v) is 2.62. The molecular formula is C12H9ClF3N3. The molecule has 1 aromatic heterocycles. The molecule has 2 rings (SSSR count). The third kappa shape index (κ3) is 3.57. The molecule has 0 aliphatic rings. The van der Waals surface area contributed by atoms with Gasteiger partial charge in [0.15, 0.2) is 0 Å². The van der Waals surface area contributed by atoms with Gasteiger partial charge < -0.3 is 5.32 Å². The van der Waals surface area contributed by atoms with Crippen LogP contribution in [0.2, 0.25) is 5.15 Å². The van der Waals surface area contributed by atoms with Gasteiger partial charge in [0.05, 0.1) is 5.56 Å². The lowest BCUT2D eigenvalue weighted by molar-refractivity contribution is -0.138. The van der Waals surface area contributed by atoms with Crippen LogP contribution in [-0.4, -0.2) is 9.97 Å².